The van der Waals surface area contributed by atoms with Crippen molar-refractivity contribution in [2.45, 2.75) is 6.54 Å². The summed E-state index contributed by atoms with van der Waals surface area (Å²) in [5.74, 6) is -0.370. The van der Waals surface area contributed by atoms with Gasteiger partial charge in [-0.05, 0) is 26.2 Å². The number of aliphatic carboxylic acids is 1. The number of nitrogens with zero attached hydrogens (tertiary/aromatic N) is 3. The third-order valence-corrected chi connectivity index (χ3v) is 2.98. The van der Waals surface area contributed by atoms with Gasteiger partial charge in [-0.3, -0.25) is 14.5 Å². The van der Waals surface area contributed by atoms with E-state index in [2.05, 4.69) is 0 Å². The highest BCUT2D eigenvalue weighted by Gasteiger charge is 2.17. The van der Waals surface area contributed by atoms with E-state index < -0.39 is 5.97 Å². The maximum absolute atomic E-state index is 12.1. The first-order valence-corrected chi connectivity index (χ1v) is 6.73. The standard InChI is InChI=1S/C14H23N3O4/c1-15(2)6-7-17(11-14(19)20)10-13(18)16(3)9-12-5-4-8-21-12/h4-5,8H,6-7,9-11H2,1-3H3,(H,19,20). The Morgan fingerprint density at radius 3 is 2.43 bits per heavy atom. The topological polar surface area (TPSA) is 77.2 Å². The highest BCUT2D eigenvalue weighted by Crippen LogP contribution is 2.04. The molecule has 0 spiro atoms. The average Bonchev–Trinajstić information content (AvgIpc) is 2.87. The van der Waals surface area contributed by atoms with Crippen LogP contribution in [0.2, 0.25) is 0 Å². The molecule has 0 saturated carbocycles. The van der Waals surface area contributed by atoms with E-state index in [0.29, 0.717) is 25.4 Å². The molecular formula is C14H23N3O4. The van der Waals surface area contributed by atoms with Crippen molar-refractivity contribution in [1.29, 1.82) is 0 Å². The van der Waals surface area contributed by atoms with Crippen molar-refractivity contribution in [3.8, 4) is 0 Å². The summed E-state index contributed by atoms with van der Waals surface area (Å²) in [6.07, 6.45) is 1.56. The SMILES string of the molecule is CN(C)CCN(CC(=O)O)CC(=O)N(C)Cc1ccco1. The summed E-state index contributed by atoms with van der Waals surface area (Å²) < 4.78 is 5.19. The van der Waals surface area contributed by atoms with E-state index in [1.54, 1.807) is 30.3 Å². The number of carboxylic acid groups (broad SMARTS) is 1. The lowest BCUT2D eigenvalue weighted by Gasteiger charge is -2.24. The fourth-order valence-corrected chi connectivity index (χ4v) is 1.78. The molecule has 1 aromatic heterocycles. The predicted molar refractivity (Wildman–Crippen MR) is 77.8 cm³/mol. The van der Waals surface area contributed by atoms with Gasteiger partial charge in [0.15, 0.2) is 0 Å². The van der Waals surface area contributed by atoms with Crippen molar-refractivity contribution in [2.75, 3.05) is 47.3 Å². The summed E-state index contributed by atoms with van der Waals surface area (Å²) in [5, 5.41) is 8.91. The van der Waals surface area contributed by atoms with Gasteiger partial charge >= 0.3 is 5.97 Å². The van der Waals surface area contributed by atoms with E-state index in [1.165, 1.54) is 4.90 Å². The lowest BCUT2D eigenvalue weighted by molar-refractivity contribution is -0.139. The van der Waals surface area contributed by atoms with Crippen LogP contribution in [0.4, 0.5) is 0 Å². The van der Waals surface area contributed by atoms with Gasteiger partial charge in [0.1, 0.15) is 5.76 Å². The Kier molecular flexibility index (Phi) is 6.90. The molecule has 0 aliphatic rings. The number of amides is 1. The van der Waals surface area contributed by atoms with Crippen LogP contribution in [0.25, 0.3) is 0 Å². The maximum atomic E-state index is 12.1. The zero-order chi connectivity index (χ0) is 15.8. The number of rotatable bonds is 9. The molecule has 0 saturated heterocycles. The van der Waals surface area contributed by atoms with E-state index in [-0.39, 0.29) is 19.0 Å². The second kappa shape index (κ2) is 8.43. The van der Waals surface area contributed by atoms with Gasteiger partial charge in [0, 0.05) is 20.1 Å². The number of likely N-dealkylation sites (N-methyl/N-ethyl adjacent to an activating group) is 2. The monoisotopic (exact) mass is 297 g/mol. The maximum Gasteiger partial charge on any atom is 0.317 e. The summed E-state index contributed by atoms with van der Waals surface area (Å²) in [6, 6.07) is 3.56. The minimum Gasteiger partial charge on any atom is -0.480 e. The molecule has 0 bridgehead atoms. The fourth-order valence-electron chi connectivity index (χ4n) is 1.78. The molecule has 21 heavy (non-hydrogen) atoms. The fraction of sp³-hybridized carbons (Fsp3) is 0.571. The molecule has 0 fully saturated rings. The second-order valence-corrected chi connectivity index (χ2v) is 5.24. The molecule has 0 aliphatic heterocycles. The number of hydrogen-bond donors (Lipinski definition) is 1. The Bertz CT molecular complexity index is 445. The van der Waals surface area contributed by atoms with Crippen molar-refractivity contribution in [3.63, 3.8) is 0 Å². The van der Waals surface area contributed by atoms with Crippen molar-refractivity contribution >= 4 is 11.9 Å². The molecule has 0 aliphatic carbocycles. The summed E-state index contributed by atoms with van der Waals surface area (Å²) in [5.41, 5.74) is 0. The number of carboxylic acids is 1. The van der Waals surface area contributed by atoms with Crippen LogP contribution in [0.1, 0.15) is 5.76 Å². The molecule has 1 rings (SSSR count). The summed E-state index contributed by atoms with van der Waals surface area (Å²) >= 11 is 0. The van der Waals surface area contributed by atoms with E-state index >= 15 is 0 Å². The lowest BCUT2D eigenvalue weighted by atomic mass is 10.3. The van der Waals surface area contributed by atoms with Gasteiger partial charge in [-0.1, -0.05) is 0 Å². The van der Waals surface area contributed by atoms with Crippen molar-refractivity contribution < 1.29 is 19.1 Å². The van der Waals surface area contributed by atoms with Crippen LogP contribution in [0.5, 0.6) is 0 Å². The first-order valence-electron chi connectivity index (χ1n) is 6.73. The zero-order valence-corrected chi connectivity index (χ0v) is 12.8. The Morgan fingerprint density at radius 1 is 1.19 bits per heavy atom. The first-order chi connectivity index (χ1) is 9.88. The van der Waals surface area contributed by atoms with Crippen LogP contribution in [0, 0.1) is 0 Å². The largest absolute Gasteiger partial charge is 0.480 e. The van der Waals surface area contributed by atoms with E-state index in [9.17, 15) is 9.59 Å². The molecule has 0 radical (unpaired) electrons. The van der Waals surface area contributed by atoms with Crippen molar-refractivity contribution in [3.05, 3.63) is 24.2 Å². The summed E-state index contributed by atoms with van der Waals surface area (Å²) in [6.45, 7) is 1.54. The third kappa shape index (κ3) is 6.92. The van der Waals surface area contributed by atoms with Gasteiger partial charge in [0.2, 0.25) is 5.91 Å². The molecular weight excluding hydrogens is 274 g/mol. The minimum absolute atomic E-state index is 0.0807. The predicted octanol–water partition coefficient (Wildman–Crippen LogP) is 0.186. The van der Waals surface area contributed by atoms with E-state index in [0.717, 1.165) is 0 Å². The van der Waals surface area contributed by atoms with Crippen molar-refractivity contribution in [2.24, 2.45) is 0 Å². The second-order valence-electron chi connectivity index (χ2n) is 5.24. The number of carbonyl (C=O) groups is 2. The first kappa shape index (κ1) is 17.2. The van der Waals surface area contributed by atoms with Gasteiger partial charge in [-0.15, -0.1) is 0 Å². The quantitative estimate of drug-likeness (QED) is 0.701. The Labute approximate surface area is 124 Å². The lowest BCUT2D eigenvalue weighted by Crippen LogP contribution is -2.43. The highest BCUT2D eigenvalue weighted by molar-refractivity contribution is 5.78. The van der Waals surface area contributed by atoms with E-state index in [4.69, 9.17) is 9.52 Å². The highest BCUT2D eigenvalue weighted by atomic mass is 16.4. The van der Waals surface area contributed by atoms with Crippen LogP contribution >= 0.6 is 0 Å². The van der Waals surface area contributed by atoms with Gasteiger partial charge in [-0.2, -0.15) is 0 Å². The molecule has 7 nitrogen and oxygen atoms in total. The van der Waals surface area contributed by atoms with Crippen LogP contribution in [0.15, 0.2) is 22.8 Å². The van der Waals surface area contributed by atoms with Crippen molar-refractivity contribution in [1.82, 2.24) is 14.7 Å². The Balaban J connectivity index is 2.51. The van der Waals surface area contributed by atoms with Crippen LogP contribution < -0.4 is 0 Å². The van der Waals surface area contributed by atoms with Crippen LogP contribution in [-0.2, 0) is 16.1 Å². The molecule has 7 heteroatoms. The number of carbonyl (C=O) groups excluding carboxylic acids is 1. The molecule has 0 atom stereocenters. The number of hydrogen-bond acceptors (Lipinski definition) is 5. The molecule has 1 heterocycles. The summed E-state index contributed by atoms with van der Waals surface area (Å²) in [4.78, 5) is 28.1. The molecule has 1 N–H and O–H groups in total. The van der Waals surface area contributed by atoms with Gasteiger partial charge in [-0.25, -0.2) is 0 Å². The zero-order valence-electron chi connectivity index (χ0n) is 12.8. The number of furan rings is 1. The average molecular weight is 297 g/mol. The third-order valence-electron chi connectivity index (χ3n) is 2.98. The van der Waals surface area contributed by atoms with Crippen LogP contribution in [-0.4, -0.2) is 79.0 Å². The van der Waals surface area contributed by atoms with E-state index in [1.807, 2.05) is 19.0 Å². The van der Waals surface area contributed by atoms with Gasteiger partial charge < -0.3 is 19.3 Å². The summed E-state index contributed by atoms with van der Waals surface area (Å²) in [7, 11) is 5.49. The van der Waals surface area contributed by atoms with Gasteiger partial charge in [0.25, 0.3) is 0 Å². The molecule has 0 aromatic carbocycles. The molecule has 1 aromatic rings. The normalized spacial score (nSPS) is 11.1. The Hall–Kier alpha value is -1.86. The van der Waals surface area contributed by atoms with Gasteiger partial charge in [0.05, 0.1) is 25.9 Å². The van der Waals surface area contributed by atoms with Crippen LogP contribution in [0.3, 0.4) is 0 Å². The Morgan fingerprint density at radius 2 is 1.90 bits per heavy atom. The minimum atomic E-state index is -0.935. The smallest absolute Gasteiger partial charge is 0.317 e. The molecule has 118 valence electrons. The molecule has 1 amide bonds. The molecule has 0 unspecified atom stereocenters.